The van der Waals surface area contributed by atoms with Gasteiger partial charge in [0, 0.05) is 10.5 Å². The van der Waals surface area contributed by atoms with E-state index < -0.39 is 17.8 Å². The van der Waals surface area contributed by atoms with E-state index in [1.54, 1.807) is 6.92 Å². The van der Waals surface area contributed by atoms with E-state index in [1.807, 2.05) is 13.8 Å². The van der Waals surface area contributed by atoms with Gasteiger partial charge in [-0.3, -0.25) is 9.59 Å². The molecule has 7 heteroatoms. The van der Waals surface area contributed by atoms with Crippen LogP contribution in [0.4, 0.5) is 10.1 Å². The average molecular weight is 346 g/mol. The molecule has 1 aromatic carbocycles. The first-order chi connectivity index (χ1) is 9.22. The maximum atomic E-state index is 13.2. The molecule has 0 bridgehead atoms. The van der Waals surface area contributed by atoms with Gasteiger partial charge in [-0.15, -0.1) is 0 Å². The number of benzene rings is 1. The van der Waals surface area contributed by atoms with Crippen LogP contribution in [0.2, 0.25) is 0 Å². The molecule has 1 aromatic rings. The van der Waals surface area contributed by atoms with Gasteiger partial charge in [-0.25, -0.2) is 4.39 Å². The van der Waals surface area contributed by atoms with E-state index in [4.69, 9.17) is 5.73 Å². The van der Waals surface area contributed by atoms with Crippen LogP contribution in [0.15, 0.2) is 16.6 Å². The molecule has 0 saturated heterocycles. The van der Waals surface area contributed by atoms with Gasteiger partial charge < -0.3 is 16.4 Å². The molecule has 0 heterocycles. The third kappa shape index (κ3) is 4.19. The molecule has 0 fully saturated rings. The fourth-order valence-corrected chi connectivity index (χ4v) is 1.98. The summed E-state index contributed by atoms with van der Waals surface area (Å²) < 4.78 is 13.5. The second kappa shape index (κ2) is 6.69. The minimum absolute atomic E-state index is 0.0185. The standard InChI is InChI=1S/C13H17BrFN3O2/c1-6(2)17-12(19)7(3)18-13(20)8-4-11(16)10(15)5-9(8)14/h4-7H,16H2,1-3H3,(H,17,19)(H,18,20). The number of halogens is 2. The van der Waals surface area contributed by atoms with Gasteiger partial charge >= 0.3 is 0 Å². The Balaban J connectivity index is 2.81. The number of hydrogen-bond acceptors (Lipinski definition) is 3. The van der Waals surface area contributed by atoms with Gasteiger partial charge in [0.15, 0.2) is 0 Å². The molecule has 0 aliphatic rings. The highest BCUT2D eigenvalue weighted by molar-refractivity contribution is 9.10. The number of carbonyl (C=O) groups is 2. The summed E-state index contributed by atoms with van der Waals surface area (Å²) in [5.74, 6) is -1.41. The van der Waals surface area contributed by atoms with Gasteiger partial charge in [-0.05, 0) is 48.8 Å². The van der Waals surface area contributed by atoms with Crippen molar-refractivity contribution in [2.45, 2.75) is 32.9 Å². The lowest BCUT2D eigenvalue weighted by molar-refractivity contribution is -0.123. The second-order valence-electron chi connectivity index (χ2n) is 4.71. The van der Waals surface area contributed by atoms with Crippen LogP contribution in [0.1, 0.15) is 31.1 Å². The van der Waals surface area contributed by atoms with Crippen molar-refractivity contribution in [2.24, 2.45) is 0 Å². The number of amides is 2. The zero-order valence-corrected chi connectivity index (χ0v) is 13.0. The van der Waals surface area contributed by atoms with E-state index in [0.29, 0.717) is 0 Å². The van der Waals surface area contributed by atoms with E-state index in [2.05, 4.69) is 26.6 Å². The molecule has 1 atom stereocenters. The number of hydrogen-bond donors (Lipinski definition) is 3. The quantitative estimate of drug-likeness (QED) is 0.727. The van der Waals surface area contributed by atoms with Crippen molar-refractivity contribution in [2.75, 3.05) is 5.73 Å². The summed E-state index contributed by atoms with van der Waals surface area (Å²) in [6.07, 6.45) is 0. The van der Waals surface area contributed by atoms with Crippen LogP contribution in [-0.4, -0.2) is 23.9 Å². The van der Waals surface area contributed by atoms with Crippen LogP contribution >= 0.6 is 15.9 Å². The van der Waals surface area contributed by atoms with Crippen molar-refractivity contribution in [1.82, 2.24) is 10.6 Å². The van der Waals surface area contributed by atoms with Crippen molar-refractivity contribution in [1.29, 1.82) is 0 Å². The monoisotopic (exact) mass is 345 g/mol. The van der Waals surface area contributed by atoms with E-state index in [-0.39, 0.29) is 27.7 Å². The van der Waals surface area contributed by atoms with Crippen molar-refractivity contribution in [3.05, 3.63) is 28.0 Å². The molecular weight excluding hydrogens is 329 g/mol. The maximum absolute atomic E-state index is 13.2. The zero-order valence-electron chi connectivity index (χ0n) is 11.5. The topological polar surface area (TPSA) is 84.2 Å². The highest BCUT2D eigenvalue weighted by Gasteiger charge is 2.19. The Morgan fingerprint density at radius 3 is 2.40 bits per heavy atom. The maximum Gasteiger partial charge on any atom is 0.253 e. The Hall–Kier alpha value is -1.63. The van der Waals surface area contributed by atoms with Crippen LogP contribution < -0.4 is 16.4 Å². The number of anilines is 1. The van der Waals surface area contributed by atoms with Crippen LogP contribution in [0.5, 0.6) is 0 Å². The van der Waals surface area contributed by atoms with E-state index >= 15 is 0 Å². The first kappa shape index (κ1) is 16.4. The van der Waals surface area contributed by atoms with Gasteiger partial charge in [-0.2, -0.15) is 0 Å². The predicted octanol–water partition coefficient (Wildman–Crippen LogP) is 1.81. The summed E-state index contributed by atoms with van der Waals surface area (Å²) in [4.78, 5) is 23.7. The Bertz CT molecular complexity index is 535. The normalized spacial score (nSPS) is 12.1. The van der Waals surface area contributed by atoms with Gasteiger partial charge in [0.25, 0.3) is 5.91 Å². The summed E-state index contributed by atoms with van der Waals surface area (Å²) in [7, 11) is 0. The lowest BCUT2D eigenvalue weighted by atomic mass is 10.1. The van der Waals surface area contributed by atoms with Gasteiger partial charge in [-0.1, -0.05) is 0 Å². The minimum Gasteiger partial charge on any atom is -0.396 e. The van der Waals surface area contributed by atoms with E-state index in [0.717, 1.165) is 6.07 Å². The summed E-state index contributed by atoms with van der Waals surface area (Å²) in [6, 6.07) is 1.61. The smallest absolute Gasteiger partial charge is 0.253 e. The molecule has 5 nitrogen and oxygen atoms in total. The number of rotatable bonds is 4. The zero-order chi connectivity index (χ0) is 15.4. The largest absolute Gasteiger partial charge is 0.396 e. The molecule has 4 N–H and O–H groups in total. The SMILES string of the molecule is CC(C)NC(=O)C(C)NC(=O)c1cc(N)c(F)cc1Br. The molecule has 0 aliphatic carbocycles. The molecule has 2 amide bonds. The summed E-state index contributed by atoms with van der Waals surface area (Å²) in [6.45, 7) is 5.21. The van der Waals surface area contributed by atoms with Crippen molar-refractivity contribution in [3.8, 4) is 0 Å². The predicted molar refractivity (Wildman–Crippen MR) is 78.7 cm³/mol. The molecule has 0 saturated carbocycles. The van der Waals surface area contributed by atoms with Crippen LogP contribution in [0.3, 0.4) is 0 Å². The first-order valence-electron chi connectivity index (χ1n) is 6.08. The number of nitrogens with one attached hydrogen (secondary N) is 2. The Kier molecular flexibility index (Phi) is 5.50. The van der Waals surface area contributed by atoms with Gasteiger partial charge in [0.2, 0.25) is 5.91 Å². The van der Waals surface area contributed by atoms with E-state index in [1.165, 1.54) is 6.07 Å². The summed E-state index contributed by atoms with van der Waals surface area (Å²) >= 11 is 3.09. The molecule has 0 aromatic heterocycles. The Morgan fingerprint density at radius 2 is 1.85 bits per heavy atom. The van der Waals surface area contributed by atoms with Gasteiger partial charge in [0.1, 0.15) is 11.9 Å². The van der Waals surface area contributed by atoms with Crippen LogP contribution in [-0.2, 0) is 4.79 Å². The van der Waals surface area contributed by atoms with Gasteiger partial charge in [0.05, 0.1) is 11.3 Å². The number of carbonyl (C=O) groups excluding carboxylic acids is 2. The fourth-order valence-electron chi connectivity index (χ4n) is 1.49. The Morgan fingerprint density at radius 1 is 1.25 bits per heavy atom. The molecular formula is C13H17BrFN3O2. The van der Waals surface area contributed by atoms with Crippen molar-refractivity contribution >= 4 is 33.4 Å². The molecule has 20 heavy (non-hydrogen) atoms. The lowest BCUT2D eigenvalue weighted by Gasteiger charge is -2.16. The molecule has 1 unspecified atom stereocenters. The van der Waals surface area contributed by atoms with Crippen LogP contribution in [0.25, 0.3) is 0 Å². The second-order valence-corrected chi connectivity index (χ2v) is 5.57. The molecule has 0 aliphatic heterocycles. The number of nitrogen functional groups attached to an aromatic ring is 1. The van der Waals surface area contributed by atoms with Crippen LogP contribution in [0, 0.1) is 5.82 Å². The van der Waals surface area contributed by atoms with E-state index in [9.17, 15) is 14.0 Å². The average Bonchev–Trinajstić information content (AvgIpc) is 2.32. The summed E-state index contributed by atoms with van der Waals surface area (Å²) in [5, 5.41) is 5.21. The van der Waals surface area contributed by atoms with Crippen molar-refractivity contribution < 1.29 is 14.0 Å². The molecule has 110 valence electrons. The molecule has 0 spiro atoms. The lowest BCUT2D eigenvalue weighted by Crippen LogP contribution is -2.46. The Labute approximate surface area is 125 Å². The molecule has 0 radical (unpaired) electrons. The minimum atomic E-state index is -0.705. The third-order valence-corrected chi connectivity index (χ3v) is 3.16. The highest BCUT2D eigenvalue weighted by Crippen LogP contribution is 2.22. The summed E-state index contributed by atoms with van der Waals surface area (Å²) in [5.41, 5.74) is 5.48. The fraction of sp³-hybridized carbons (Fsp3) is 0.385. The highest BCUT2D eigenvalue weighted by atomic mass is 79.9. The van der Waals surface area contributed by atoms with Crippen molar-refractivity contribution in [3.63, 3.8) is 0 Å². The number of nitrogens with two attached hydrogens (primary N) is 1. The third-order valence-electron chi connectivity index (χ3n) is 2.50. The first-order valence-corrected chi connectivity index (χ1v) is 6.87. The molecule has 1 rings (SSSR count).